The molecule has 138 valence electrons. The van der Waals surface area contributed by atoms with Gasteiger partial charge in [0.15, 0.2) is 0 Å². The highest BCUT2D eigenvalue weighted by Crippen LogP contribution is 2.53. The predicted molar refractivity (Wildman–Crippen MR) is 96.4 cm³/mol. The number of carbonyl (C=O) groups excluding carboxylic acids is 1. The van der Waals surface area contributed by atoms with Gasteiger partial charge in [-0.15, -0.1) is 23.2 Å². The average Bonchev–Trinajstić information content (AvgIpc) is 3.20. The summed E-state index contributed by atoms with van der Waals surface area (Å²) in [6.07, 6.45) is 2.34. The van der Waals surface area contributed by atoms with Crippen molar-refractivity contribution in [1.29, 1.82) is 0 Å². The minimum atomic E-state index is -3.51. The Morgan fingerprint density at radius 3 is 2.32 bits per heavy atom. The van der Waals surface area contributed by atoms with Crippen molar-refractivity contribution in [2.75, 3.05) is 19.7 Å². The first kappa shape index (κ1) is 19.0. The molecule has 8 heteroatoms. The lowest BCUT2D eigenvalue weighted by Crippen LogP contribution is -2.37. The van der Waals surface area contributed by atoms with Gasteiger partial charge in [-0.2, -0.15) is 4.31 Å². The molecule has 3 rings (SSSR count). The molecule has 1 saturated heterocycles. The maximum Gasteiger partial charge on any atom is 0.338 e. The van der Waals surface area contributed by atoms with Crippen LogP contribution in [0.1, 0.15) is 36.5 Å². The summed E-state index contributed by atoms with van der Waals surface area (Å²) in [4.78, 5) is 12.2. The summed E-state index contributed by atoms with van der Waals surface area (Å²) in [5.41, 5.74) is 0.307. The van der Waals surface area contributed by atoms with E-state index in [0.29, 0.717) is 31.0 Å². The first-order valence-electron chi connectivity index (χ1n) is 8.35. The molecule has 2 aliphatic rings. The monoisotopic (exact) mass is 405 g/mol. The number of benzene rings is 1. The minimum absolute atomic E-state index is 0.0408. The average molecular weight is 406 g/mol. The number of hydrogen-bond acceptors (Lipinski definition) is 4. The topological polar surface area (TPSA) is 63.7 Å². The molecule has 0 aromatic heterocycles. The van der Waals surface area contributed by atoms with Crippen LogP contribution in [0.2, 0.25) is 0 Å². The van der Waals surface area contributed by atoms with Gasteiger partial charge in [0.1, 0.15) is 4.33 Å². The Morgan fingerprint density at radius 1 is 1.24 bits per heavy atom. The van der Waals surface area contributed by atoms with Gasteiger partial charge < -0.3 is 4.74 Å². The fraction of sp³-hybridized carbons (Fsp3) is 0.588. The molecule has 1 atom stereocenters. The van der Waals surface area contributed by atoms with Gasteiger partial charge in [-0.3, -0.25) is 0 Å². The Hall–Kier alpha value is -0.820. The molecule has 2 fully saturated rings. The number of sulfonamides is 1. The molecular formula is C17H21Cl2NO4S. The molecule has 1 aliphatic carbocycles. The van der Waals surface area contributed by atoms with Crippen LogP contribution in [0.25, 0.3) is 0 Å². The van der Waals surface area contributed by atoms with Crippen LogP contribution < -0.4 is 0 Å². The second-order valence-corrected chi connectivity index (χ2v) is 10.4. The van der Waals surface area contributed by atoms with Crippen LogP contribution >= 0.6 is 23.2 Å². The summed E-state index contributed by atoms with van der Waals surface area (Å²) in [5, 5.41) is 0. The number of halogens is 2. The lowest BCUT2D eigenvalue weighted by molar-refractivity contribution is 0.0485. The van der Waals surface area contributed by atoms with E-state index in [0.717, 1.165) is 12.8 Å². The van der Waals surface area contributed by atoms with Gasteiger partial charge in [-0.1, -0.05) is 6.92 Å². The summed E-state index contributed by atoms with van der Waals surface area (Å²) in [6.45, 7) is 3.36. The normalized spacial score (nSPS) is 24.0. The van der Waals surface area contributed by atoms with E-state index in [1.165, 1.54) is 28.6 Å². The maximum absolute atomic E-state index is 12.7. The summed E-state index contributed by atoms with van der Waals surface area (Å²) < 4.78 is 31.2. The molecule has 0 bridgehead atoms. The van der Waals surface area contributed by atoms with Crippen molar-refractivity contribution < 1.29 is 17.9 Å². The van der Waals surface area contributed by atoms with Gasteiger partial charge in [-0.05, 0) is 49.4 Å². The van der Waals surface area contributed by atoms with Crippen LogP contribution in [-0.4, -0.2) is 42.7 Å². The minimum Gasteiger partial charge on any atom is -0.462 e. The third kappa shape index (κ3) is 4.30. The van der Waals surface area contributed by atoms with Crippen LogP contribution in [0, 0.1) is 11.8 Å². The molecule has 1 aliphatic heterocycles. The Morgan fingerprint density at radius 2 is 1.80 bits per heavy atom. The van der Waals surface area contributed by atoms with Crippen LogP contribution in [0.4, 0.5) is 0 Å². The lowest BCUT2D eigenvalue weighted by atomic mass is 10.0. The highest BCUT2D eigenvalue weighted by Gasteiger charge is 2.52. The molecule has 0 radical (unpaired) electrons. The van der Waals surface area contributed by atoms with Gasteiger partial charge in [-0.25, -0.2) is 13.2 Å². The van der Waals surface area contributed by atoms with Crippen molar-refractivity contribution in [3.05, 3.63) is 29.8 Å². The molecule has 1 aromatic carbocycles. The van der Waals surface area contributed by atoms with E-state index in [1.807, 2.05) is 0 Å². The molecule has 1 unspecified atom stereocenters. The zero-order valence-corrected chi connectivity index (χ0v) is 16.3. The first-order valence-corrected chi connectivity index (χ1v) is 10.5. The molecule has 5 nitrogen and oxygen atoms in total. The third-order valence-corrected chi connectivity index (χ3v) is 7.68. The largest absolute Gasteiger partial charge is 0.462 e. The summed E-state index contributed by atoms with van der Waals surface area (Å²) in [7, 11) is -3.51. The van der Waals surface area contributed by atoms with Gasteiger partial charge in [0, 0.05) is 19.0 Å². The number of rotatable bonds is 5. The molecule has 0 N–H and O–H groups in total. The fourth-order valence-electron chi connectivity index (χ4n) is 2.85. The molecule has 0 amide bonds. The molecule has 0 spiro atoms. The maximum atomic E-state index is 12.7. The fourth-order valence-corrected chi connectivity index (χ4v) is 4.82. The molecule has 1 aromatic rings. The van der Waals surface area contributed by atoms with Crippen LogP contribution in [0.3, 0.4) is 0 Å². The summed E-state index contributed by atoms with van der Waals surface area (Å²) in [6, 6.07) is 5.86. The molecular weight excluding hydrogens is 385 g/mol. The van der Waals surface area contributed by atoms with E-state index in [2.05, 4.69) is 6.92 Å². The lowest BCUT2D eigenvalue weighted by Gasteiger charge is -2.29. The number of carbonyl (C=O) groups is 1. The van der Waals surface area contributed by atoms with Crippen molar-refractivity contribution in [1.82, 2.24) is 4.31 Å². The second kappa shape index (κ2) is 7.06. The van der Waals surface area contributed by atoms with E-state index < -0.39 is 20.3 Å². The Labute approximate surface area is 158 Å². The van der Waals surface area contributed by atoms with E-state index in [9.17, 15) is 13.2 Å². The van der Waals surface area contributed by atoms with Crippen molar-refractivity contribution in [2.24, 2.45) is 11.8 Å². The first-order chi connectivity index (χ1) is 11.7. The highest BCUT2D eigenvalue weighted by molar-refractivity contribution is 7.89. The molecule has 1 heterocycles. The zero-order chi connectivity index (χ0) is 18.2. The molecule has 25 heavy (non-hydrogen) atoms. The van der Waals surface area contributed by atoms with Crippen molar-refractivity contribution >= 4 is 39.2 Å². The smallest absolute Gasteiger partial charge is 0.338 e. The van der Waals surface area contributed by atoms with E-state index in [-0.39, 0.29) is 17.4 Å². The Balaban J connectivity index is 1.62. The van der Waals surface area contributed by atoms with E-state index >= 15 is 0 Å². The number of alkyl halides is 2. The summed E-state index contributed by atoms with van der Waals surface area (Å²) >= 11 is 11.8. The summed E-state index contributed by atoms with van der Waals surface area (Å²) in [5.74, 6) is 0.00230. The SMILES string of the molecule is CC1CCN(S(=O)(=O)c2ccc(C(=O)OCC3CC3(Cl)Cl)cc2)CC1. The number of esters is 1. The van der Waals surface area contributed by atoms with Gasteiger partial charge in [0.2, 0.25) is 10.0 Å². The van der Waals surface area contributed by atoms with E-state index in [4.69, 9.17) is 27.9 Å². The second-order valence-electron chi connectivity index (χ2n) is 6.87. The number of hydrogen-bond donors (Lipinski definition) is 0. The Kier molecular flexibility index (Phi) is 5.36. The van der Waals surface area contributed by atoms with Crippen LogP contribution in [-0.2, 0) is 14.8 Å². The molecule has 1 saturated carbocycles. The standard InChI is InChI=1S/C17H21Cl2NO4S/c1-12-6-8-20(9-7-12)25(22,23)15-4-2-13(3-5-15)16(21)24-11-14-10-17(14,18)19/h2-5,12,14H,6-11H2,1H3. The van der Waals surface area contributed by atoms with Crippen molar-refractivity contribution in [3.8, 4) is 0 Å². The van der Waals surface area contributed by atoms with E-state index in [1.54, 1.807) is 0 Å². The van der Waals surface area contributed by atoms with Crippen molar-refractivity contribution in [2.45, 2.75) is 35.4 Å². The van der Waals surface area contributed by atoms with Gasteiger partial charge in [0.25, 0.3) is 0 Å². The zero-order valence-electron chi connectivity index (χ0n) is 14.0. The number of nitrogens with zero attached hydrogens (tertiary/aromatic N) is 1. The Bertz CT molecular complexity index is 740. The van der Waals surface area contributed by atoms with Crippen LogP contribution in [0.15, 0.2) is 29.2 Å². The van der Waals surface area contributed by atoms with Crippen LogP contribution in [0.5, 0.6) is 0 Å². The number of ether oxygens (including phenoxy) is 1. The number of piperidine rings is 1. The van der Waals surface area contributed by atoms with Gasteiger partial charge in [0.05, 0.1) is 17.1 Å². The van der Waals surface area contributed by atoms with Crippen molar-refractivity contribution in [3.63, 3.8) is 0 Å². The third-order valence-electron chi connectivity index (χ3n) is 4.84. The highest BCUT2D eigenvalue weighted by atomic mass is 35.5. The quantitative estimate of drug-likeness (QED) is 0.555. The predicted octanol–water partition coefficient (Wildman–Crippen LogP) is 3.46. The van der Waals surface area contributed by atoms with Gasteiger partial charge >= 0.3 is 5.97 Å².